The number of amides is 3. The molecule has 0 aliphatic rings. The summed E-state index contributed by atoms with van der Waals surface area (Å²) in [6.45, 7) is 36.5. The van der Waals surface area contributed by atoms with Gasteiger partial charge < -0.3 is 39.6 Å². The molecule has 3 rings (SSSR count). The summed E-state index contributed by atoms with van der Waals surface area (Å²) < 4.78 is 30.5. The second kappa shape index (κ2) is 36.3. The van der Waals surface area contributed by atoms with Gasteiger partial charge >= 0.3 is 12.1 Å². The number of rotatable bonds is 38. The predicted octanol–water partition coefficient (Wildman–Crippen LogP) is 16.5. The van der Waals surface area contributed by atoms with Crippen LogP contribution in [-0.4, -0.2) is 83.3 Å². The lowest BCUT2D eigenvalue weighted by molar-refractivity contribution is -0.147. The Labute approximate surface area is 527 Å². The van der Waals surface area contributed by atoms with E-state index >= 15 is 0 Å². The molecule has 0 aliphatic carbocycles. The molecule has 87 heavy (non-hydrogen) atoms. The van der Waals surface area contributed by atoms with Gasteiger partial charge in [-0.3, -0.25) is 19.2 Å². The summed E-state index contributed by atoms with van der Waals surface area (Å²) in [5, 5.41) is 8.80. The molecular formula is C74H119N3O10. The second-order valence-corrected chi connectivity index (χ2v) is 30.3. The molecule has 3 aromatic rings. The fourth-order valence-corrected chi connectivity index (χ4v) is 13.0. The van der Waals surface area contributed by atoms with E-state index in [-0.39, 0.29) is 114 Å². The third-order valence-corrected chi connectivity index (χ3v) is 16.7. The first-order valence-electron chi connectivity index (χ1n) is 32.8. The van der Waals surface area contributed by atoms with Gasteiger partial charge in [0.05, 0.1) is 40.4 Å². The molecule has 13 nitrogen and oxygen atoms in total. The van der Waals surface area contributed by atoms with Gasteiger partial charge in [-0.25, -0.2) is 4.79 Å². The van der Waals surface area contributed by atoms with Crippen LogP contribution in [0, 0.1) is 63.1 Å². The molecule has 3 amide bonds. The van der Waals surface area contributed by atoms with Crippen molar-refractivity contribution in [3.8, 4) is 11.5 Å². The normalized spacial score (nSPS) is 15.2. The Morgan fingerprint density at radius 2 is 0.989 bits per heavy atom. The van der Waals surface area contributed by atoms with Crippen LogP contribution >= 0.6 is 0 Å². The van der Waals surface area contributed by atoms with E-state index in [9.17, 15) is 24.0 Å². The Bertz CT molecular complexity index is 2370. The molecule has 0 heterocycles. The van der Waals surface area contributed by atoms with E-state index in [0.717, 1.165) is 68.1 Å². The van der Waals surface area contributed by atoms with Crippen molar-refractivity contribution < 1.29 is 47.7 Å². The molecule has 0 saturated carbocycles. The molecule has 0 fully saturated rings. The highest BCUT2D eigenvalue weighted by Gasteiger charge is 2.39. The first-order valence-corrected chi connectivity index (χ1v) is 32.8. The number of carbonyl (C=O) groups is 5. The highest BCUT2D eigenvalue weighted by atomic mass is 16.6. The van der Waals surface area contributed by atoms with Gasteiger partial charge in [-0.1, -0.05) is 172 Å². The molecule has 3 N–H and O–H groups in total. The molecule has 0 spiro atoms. The third kappa shape index (κ3) is 29.2. The lowest BCUT2D eigenvalue weighted by Crippen LogP contribution is -2.42. The number of Topliss-reactive ketones (excluding diaryl/α,β-unsaturated/α-hetero) is 1. The minimum Gasteiger partial charge on any atom is -0.497 e. The number of methoxy groups -OCH3 is 2. The molecule has 13 heteroatoms. The molecule has 8 atom stereocenters. The lowest BCUT2D eigenvalue weighted by atomic mass is 9.74. The van der Waals surface area contributed by atoms with Crippen LogP contribution in [0.3, 0.4) is 0 Å². The fourth-order valence-electron chi connectivity index (χ4n) is 13.0. The third-order valence-electron chi connectivity index (χ3n) is 16.7. The van der Waals surface area contributed by atoms with Crippen LogP contribution in [0.4, 0.5) is 4.79 Å². The lowest BCUT2D eigenvalue weighted by Gasteiger charge is -2.37. The van der Waals surface area contributed by atoms with Crippen molar-refractivity contribution in [3.05, 3.63) is 95.6 Å². The molecule has 490 valence electrons. The van der Waals surface area contributed by atoms with E-state index in [2.05, 4.69) is 127 Å². The Hall–Kier alpha value is -5.43. The average Bonchev–Trinajstić information content (AvgIpc) is 1.13. The zero-order valence-corrected chi connectivity index (χ0v) is 57.6. The Kier molecular flexibility index (Phi) is 31.6. The summed E-state index contributed by atoms with van der Waals surface area (Å²) in [7, 11) is 4.79. The average molecular weight is 1210 g/mol. The quantitative estimate of drug-likeness (QED) is 0.0285. The van der Waals surface area contributed by atoms with Crippen LogP contribution in [0.5, 0.6) is 11.5 Å². The number of ketones is 1. The van der Waals surface area contributed by atoms with E-state index in [1.54, 1.807) is 14.2 Å². The van der Waals surface area contributed by atoms with Gasteiger partial charge in [0.2, 0.25) is 11.8 Å². The summed E-state index contributed by atoms with van der Waals surface area (Å²) in [6, 6.07) is 25.6. The number of unbranched alkanes of at least 4 members (excludes halogenated alkanes) is 1. The van der Waals surface area contributed by atoms with Crippen molar-refractivity contribution in [2.45, 2.75) is 219 Å². The van der Waals surface area contributed by atoms with Gasteiger partial charge in [-0.2, -0.15) is 0 Å². The first kappa shape index (κ1) is 75.8. The fraction of sp³-hybridized carbons (Fsp3) is 0.689. The highest BCUT2D eigenvalue weighted by Crippen LogP contribution is 2.43. The number of alkyl carbamates (subject to hydrolysis) is 1. The summed E-state index contributed by atoms with van der Waals surface area (Å²) in [5.74, 6) is 1.38. The predicted molar refractivity (Wildman–Crippen MR) is 354 cm³/mol. The number of nitrogens with one attached hydrogen (secondary N) is 3. The number of benzene rings is 3. The van der Waals surface area contributed by atoms with Crippen molar-refractivity contribution in [2.24, 2.45) is 63.1 Å². The van der Waals surface area contributed by atoms with Crippen LogP contribution in [0.15, 0.2) is 78.9 Å². The molecule has 0 radical (unpaired) electrons. The number of hydrogen-bond donors (Lipinski definition) is 3. The SMILES string of the molecule is CNC(=O)CCC(=O)OCC(CCCCNC(=O)OC(CCC(=O)C(CCC(C)CC(C)(C)C)C(C)CC(C)(C)C)CNC(=O)C(CCC(C)CC(C)(C)C)C(C)CC(C)(C)C)COC(c1ccccc1)(c1ccc(OC)cc1)c1ccc(OC)cc1. The van der Waals surface area contributed by atoms with Crippen LogP contribution in [0.1, 0.15) is 224 Å². The zero-order valence-electron chi connectivity index (χ0n) is 57.6. The maximum Gasteiger partial charge on any atom is 0.407 e. The summed E-state index contributed by atoms with van der Waals surface area (Å²) >= 11 is 0. The standard InChI is InChI=1S/C74H119N3O10/c1-52(45-70(5,6)7)28-39-63(54(3)47-72(11,12)13)65(78)41-38-62(49-77-68(81)64(55(4)48-73(14,15)16)40-29-53(2)46-71(8,9)10)87-69(82)76-44-24-23-25-56(50-85-67(80)43-42-66(79)75-17)51-86-74(57-26-21-20-22-27-57,58-30-34-60(83-18)35-31-58)59-32-36-61(84-19)37-33-59/h20-22,26-27,30-37,52-56,62-64H,23-25,28-29,38-51H2,1-19H3,(H,75,79)(H,76,82)(H,77,81). The molecule has 0 bridgehead atoms. The first-order chi connectivity index (χ1) is 40.7. The van der Waals surface area contributed by atoms with Crippen molar-refractivity contribution in [2.75, 3.05) is 47.6 Å². The molecule has 0 aromatic heterocycles. The molecule has 8 unspecified atom stereocenters. The van der Waals surface area contributed by atoms with Crippen molar-refractivity contribution in [1.29, 1.82) is 0 Å². The van der Waals surface area contributed by atoms with E-state index in [0.29, 0.717) is 49.1 Å². The van der Waals surface area contributed by atoms with E-state index in [1.165, 1.54) is 7.05 Å². The van der Waals surface area contributed by atoms with Crippen molar-refractivity contribution in [1.82, 2.24) is 16.0 Å². The van der Waals surface area contributed by atoms with Gasteiger partial charge in [0.1, 0.15) is 29.0 Å². The summed E-state index contributed by atoms with van der Waals surface area (Å²) in [6.07, 6.45) is 8.30. The van der Waals surface area contributed by atoms with E-state index in [4.69, 9.17) is 23.7 Å². The van der Waals surface area contributed by atoms with Gasteiger partial charge in [-0.05, 0) is 157 Å². The summed E-state index contributed by atoms with van der Waals surface area (Å²) in [4.78, 5) is 68.2. The Morgan fingerprint density at radius 3 is 1.47 bits per heavy atom. The topological polar surface area (TPSA) is 168 Å². The molecular weight excluding hydrogens is 1090 g/mol. The van der Waals surface area contributed by atoms with E-state index in [1.807, 2.05) is 78.9 Å². The maximum atomic E-state index is 14.6. The van der Waals surface area contributed by atoms with Gasteiger partial charge in [0.25, 0.3) is 0 Å². The Balaban J connectivity index is 1.91. The molecule has 0 saturated heterocycles. The van der Waals surface area contributed by atoms with E-state index < -0.39 is 23.8 Å². The monoisotopic (exact) mass is 1210 g/mol. The second-order valence-electron chi connectivity index (χ2n) is 30.3. The number of carbonyl (C=O) groups excluding carboxylic acids is 5. The number of esters is 1. The highest BCUT2D eigenvalue weighted by molar-refractivity contribution is 5.82. The van der Waals surface area contributed by atoms with Crippen molar-refractivity contribution in [3.63, 3.8) is 0 Å². The van der Waals surface area contributed by atoms with Crippen LogP contribution in [0.25, 0.3) is 0 Å². The summed E-state index contributed by atoms with van der Waals surface area (Å²) in [5.41, 5.74) is 1.95. The Morgan fingerprint density at radius 1 is 0.506 bits per heavy atom. The molecule has 3 aromatic carbocycles. The maximum absolute atomic E-state index is 14.6. The van der Waals surface area contributed by atoms with Crippen LogP contribution in [-0.2, 0) is 39.0 Å². The zero-order chi connectivity index (χ0) is 65.2. The number of hydrogen-bond acceptors (Lipinski definition) is 10. The van der Waals surface area contributed by atoms with Crippen LogP contribution < -0.4 is 25.4 Å². The smallest absolute Gasteiger partial charge is 0.407 e. The van der Waals surface area contributed by atoms with Gasteiger partial charge in [0, 0.05) is 44.2 Å². The van der Waals surface area contributed by atoms with Gasteiger partial charge in [-0.15, -0.1) is 0 Å². The minimum atomic E-state index is -1.11. The van der Waals surface area contributed by atoms with Crippen LogP contribution in [0.2, 0.25) is 0 Å². The minimum absolute atomic E-state index is 0.0105. The largest absolute Gasteiger partial charge is 0.497 e. The van der Waals surface area contributed by atoms with Gasteiger partial charge in [0.15, 0.2) is 0 Å². The number of ether oxygens (including phenoxy) is 5. The molecule has 0 aliphatic heterocycles. The van der Waals surface area contributed by atoms with Crippen molar-refractivity contribution >= 4 is 29.7 Å².